The zero-order valence-corrected chi connectivity index (χ0v) is 17.6. The van der Waals surface area contributed by atoms with Crippen molar-refractivity contribution in [1.82, 2.24) is 15.0 Å². The van der Waals surface area contributed by atoms with E-state index in [0.717, 1.165) is 15.1 Å². The monoisotopic (exact) mass is 440 g/mol. The molecule has 0 aliphatic carbocycles. The molecule has 146 valence electrons. The largest absolute Gasteiger partial charge is 0.301 e. The minimum absolute atomic E-state index is 0.133. The number of anilines is 1. The lowest BCUT2D eigenvalue weighted by molar-refractivity contribution is -0.113. The highest BCUT2D eigenvalue weighted by molar-refractivity contribution is 7.99. The van der Waals surface area contributed by atoms with Crippen LogP contribution < -0.4 is 10.9 Å². The Kier molecular flexibility index (Phi) is 6.28. The van der Waals surface area contributed by atoms with Crippen LogP contribution in [0.1, 0.15) is 5.69 Å². The number of aromatic amines is 1. The number of benzene rings is 2. The Morgan fingerprint density at radius 1 is 1.03 bits per heavy atom. The maximum absolute atomic E-state index is 12.3. The van der Waals surface area contributed by atoms with Crippen molar-refractivity contribution in [1.29, 1.82) is 0 Å². The topological polar surface area (TPSA) is 87.7 Å². The predicted octanol–water partition coefficient (Wildman–Crippen LogP) is 4.40. The molecule has 0 unspecified atom stereocenters. The van der Waals surface area contributed by atoms with Crippen LogP contribution in [0.3, 0.4) is 0 Å². The van der Waals surface area contributed by atoms with Crippen molar-refractivity contribution in [2.24, 2.45) is 0 Å². The van der Waals surface area contributed by atoms with Gasteiger partial charge in [-0.25, -0.2) is 9.97 Å². The van der Waals surface area contributed by atoms with Gasteiger partial charge >= 0.3 is 0 Å². The predicted molar refractivity (Wildman–Crippen MR) is 120 cm³/mol. The van der Waals surface area contributed by atoms with Crippen LogP contribution in [0.15, 0.2) is 75.5 Å². The van der Waals surface area contributed by atoms with Gasteiger partial charge in [-0.05, 0) is 24.3 Å². The number of hydrogen-bond donors (Lipinski definition) is 2. The smallest absolute Gasteiger partial charge is 0.251 e. The molecule has 1 amide bonds. The molecule has 0 spiro atoms. The Hall–Kier alpha value is -2.62. The van der Waals surface area contributed by atoms with Crippen LogP contribution in [0.2, 0.25) is 0 Å². The van der Waals surface area contributed by atoms with Crippen molar-refractivity contribution in [2.75, 3.05) is 11.1 Å². The van der Waals surface area contributed by atoms with Gasteiger partial charge in [0.25, 0.3) is 5.56 Å². The van der Waals surface area contributed by atoms with Gasteiger partial charge in [-0.3, -0.25) is 9.59 Å². The molecule has 4 aromatic rings. The van der Waals surface area contributed by atoms with E-state index in [9.17, 15) is 9.59 Å². The Balaban J connectivity index is 1.35. The number of fused-ring (bicyclic) bond motifs is 1. The van der Waals surface area contributed by atoms with Crippen LogP contribution >= 0.6 is 34.9 Å². The number of hydrogen-bond acceptors (Lipinski definition) is 7. The second kappa shape index (κ2) is 9.25. The zero-order chi connectivity index (χ0) is 20.1. The van der Waals surface area contributed by atoms with Crippen molar-refractivity contribution < 1.29 is 4.79 Å². The summed E-state index contributed by atoms with van der Waals surface area (Å²) in [6, 6.07) is 19.1. The summed E-state index contributed by atoms with van der Waals surface area (Å²) in [4.78, 5) is 36.8. The highest BCUT2D eigenvalue weighted by Crippen LogP contribution is 2.26. The maximum Gasteiger partial charge on any atom is 0.251 e. The van der Waals surface area contributed by atoms with Crippen LogP contribution in [0, 0.1) is 0 Å². The van der Waals surface area contributed by atoms with E-state index in [0.29, 0.717) is 21.7 Å². The summed E-state index contributed by atoms with van der Waals surface area (Å²) >= 11 is 4.23. The van der Waals surface area contributed by atoms with Gasteiger partial charge in [-0.1, -0.05) is 53.4 Å². The number of thioether (sulfide) groups is 2. The van der Waals surface area contributed by atoms with Crippen LogP contribution in [-0.2, 0) is 10.5 Å². The third-order valence-corrected chi connectivity index (χ3v) is 6.65. The third kappa shape index (κ3) is 5.47. The van der Waals surface area contributed by atoms with E-state index in [1.807, 2.05) is 54.6 Å². The quantitative estimate of drug-likeness (QED) is 0.327. The highest BCUT2D eigenvalue weighted by Gasteiger charge is 2.10. The van der Waals surface area contributed by atoms with E-state index in [-0.39, 0.29) is 17.2 Å². The molecule has 4 rings (SSSR count). The van der Waals surface area contributed by atoms with E-state index >= 15 is 0 Å². The SMILES string of the molecule is O=C(CSc1nc(CSc2ccccc2)cc(=O)[nH]1)Nc1nc2ccccc2s1. The molecule has 9 heteroatoms. The first-order valence-electron chi connectivity index (χ1n) is 8.72. The van der Waals surface area contributed by atoms with E-state index in [1.165, 1.54) is 29.2 Å². The number of aromatic nitrogens is 3. The maximum atomic E-state index is 12.3. The summed E-state index contributed by atoms with van der Waals surface area (Å²) in [5.41, 5.74) is 1.31. The summed E-state index contributed by atoms with van der Waals surface area (Å²) in [6.07, 6.45) is 0. The molecule has 0 radical (unpaired) electrons. The summed E-state index contributed by atoms with van der Waals surface area (Å²) in [6.45, 7) is 0. The number of amides is 1. The van der Waals surface area contributed by atoms with Crippen LogP contribution in [0.25, 0.3) is 10.2 Å². The van der Waals surface area contributed by atoms with Gasteiger partial charge < -0.3 is 10.3 Å². The number of H-pyrrole nitrogens is 1. The minimum Gasteiger partial charge on any atom is -0.301 e. The summed E-state index contributed by atoms with van der Waals surface area (Å²) in [5.74, 6) is 0.522. The Bertz CT molecular complexity index is 1160. The molecular weight excluding hydrogens is 424 g/mol. The molecule has 2 aromatic carbocycles. The lowest BCUT2D eigenvalue weighted by atomic mass is 10.3. The molecular formula is C20H16N4O2S3. The zero-order valence-electron chi connectivity index (χ0n) is 15.1. The number of nitrogens with one attached hydrogen (secondary N) is 2. The summed E-state index contributed by atoms with van der Waals surface area (Å²) < 4.78 is 1.02. The van der Waals surface area contributed by atoms with Gasteiger partial charge in [0.1, 0.15) is 0 Å². The van der Waals surface area contributed by atoms with Crippen molar-refractivity contribution >= 4 is 56.1 Å². The van der Waals surface area contributed by atoms with Gasteiger partial charge in [-0.2, -0.15) is 0 Å². The van der Waals surface area contributed by atoms with Crippen LogP contribution in [-0.4, -0.2) is 26.6 Å². The number of nitrogens with zero attached hydrogens (tertiary/aromatic N) is 2. The van der Waals surface area contributed by atoms with Crippen molar-refractivity contribution in [2.45, 2.75) is 15.8 Å². The van der Waals surface area contributed by atoms with Crippen molar-refractivity contribution in [3.63, 3.8) is 0 Å². The fraction of sp³-hybridized carbons (Fsp3) is 0.100. The molecule has 0 saturated carbocycles. The number of thiazole rings is 1. The first-order chi connectivity index (χ1) is 14.2. The molecule has 2 aromatic heterocycles. The van der Waals surface area contributed by atoms with E-state index in [1.54, 1.807) is 11.8 Å². The van der Waals surface area contributed by atoms with E-state index in [2.05, 4.69) is 20.3 Å². The molecule has 29 heavy (non-hydrogen) atoms. The third-order valence-electron chi connectivity index (χ3n) is 3.78. The fourth-order valence-electron chi connectivity index (χ4n) is 2.51. The molecule has 6 nitrogen and oxygen atoms in total. The lowest BCUT2D eigenvalue weighted by Gasteiger charge is -2.05. The fourth-order valence-corrected chi connectivity index (χ4v) is 4.90. The first-order valence-corrected chi connectivity index (χ1v) is 11.5. The van der Waals surface area contributed by atoms with E-state index < -0.39 is 0 Å². The van der Waals surface area contributed by atoms with Crippen LogP contribution in [0.5, 0.6) is 0 Å². The standard InChI is InChI=1S/C20H16N4O2S3/c25-17-10-13(11-27-14-6-2-1-3-7-14)21-19(23-17)28-12-18(26)24-20-22-15-8-4-5-9-16(15)29-20/h1-10H,11-12H2,(H,21,23,25)(H,22,24,26). The molecule has 2 N–H and O–H groups in total. The highest BCUT2D eigenvalue weighted by atomic mass is 32.2. The van der Waals surface area contributed by atoms with Gasteiger partial charge in [0.15, 0.2) is 10.3 Å². The van der Waals surface area contributed by atoms with Gasteiger partial charge in [-0.15, -0.1) is 11.8 Å². The average molecular weight is 441 g/mol. The van der Waals surface area contributed by atoms with Gasteiger partial charge in [0.2, 0.25) is 5.91 Å². The number of carbonyl (C=O) groups excluding carboxylic acids is 1. The van der Waals surface area contributed by atoms with Crippen LogP contribution in [0.4, 0.5) is 5.13 Å². The van der Waals surface area contributed by atoms with Crippen molar-refractivity contribution in [3.8, 4) is 0 Å². The Morgan fingerprint density at radius 2 is 1.83 bits per heavy atom. The molecule has 0 fully saturated rings. The Labute approximate surface area is 179 Å². The van der Waals surface area contributed by atoms with Gasteiger partial charge in [0, 0.05) is 16.7 Å². The second-order valence-corrected chi connectivity index (χ2v) is 9.01. The first kappa shape index (κ1) is 19.7. The number of carbonyl (C=O) groups is 1. The summed E-state index contributed by atoms with van der Waals surface area (Å²) in [7, 11) is 0. The molecule has 0 bridgehead atoms. The molecule has 0 aliphatic heterocycles. The van der Waals surface area contributed by atoms with E-state index in [4.69, 9.17) is 0 Å². The molecule has 0 atom stereocenters. The normalized spacial score (nSPS) is 10.9. The minimum atomic E-state index is -0.224. The van der Waals surface area contributed by atoms with Crippen molar-refractivity contribution in [3.05, 3.63) is 76.7 Å². The molecule has 0 saturated heterocycles. The summed E-state index contributed by atoms with van der Waals surface area (Å²) in [5, 5.41) is 3.79. The molecule has 0 aliphatic rings. The average Bonchev–Trinajstić information content (AvgIpc) is 3.13. The number of para-hydroxylation sites is 1. The Morgan fingerprint density at radius 3 is 2.66 bits per heavy atom. The molecule has 2 heterocycles. The second-order valence-electron chi connectivity index (χ2n) is 5.97. The lowest BCUT2D eigenvalue weighted by Crippen LogP contribution is -2.15. The number of rotatable bonds is 7. The van der Waals surface area contributed by atoms with Gasteiger partial charge in [0.05, 0.1) is 21.7 Å².